The van der Waals surface area contributed by atoms with Gasteiger partial charge in [-0.1, -0.05) is 0 Å². The van der Waals surface area contributed by atoms with E-state index in [9.17, 15) is 86.1 Å². The molecule has 0 rings (SSSR count). The summed E-state index contributed by atoms with van der Waals surface area (Å²) in [6.45, 7) is 0. The third kappa shape index (κ3) is 22.4. The zero-order valence-corrected chi connectivity index (χ0v) is 25.4. The number of halogens is 3. The Hall–Kier alpha value is 3.15. The van der Waals surface area contributed by atoms with Gasteiger partial charge in [-0.2, -0.15) is 0 Å². The van der Waals surface area contributed by atoms with E-state index in [-0.39, 0.29) is 42.1 Å². The summed E-state index contributed by atoms with van der Waals surface area (Å²) in [5.41, 5.74) is 0. The fourth-order valence-corrected chi connectivity index (χ4v) is 4.68. The van der Waals surface area contributed by atoms with Gasteiger partial charge in [-0.15, -0.1) is 34.8 Å². The van der Waals surface area contributed by atoms with E-state index in [1.54, 1.807) is 0 Å². The molecule has 186 valence electrons. The molecule has 0 saturated carbocycles. The molecular weight excluding hydrogens is 808 g/mol. The van der Waals surface area contributed by atoms with Crippen LogP contribution in [-0.2, 0) is 69.5 Å². The number of hydrogen-bond acceptors (Lipinski definition) is 18. The van der Waals surface area contributed by atoms with Crippen LogP contribution in [0.1, 0.15) is 0 Å². The number of hydrogen-bond donors (Lipinski definition) is 0. The molecule has 0 aromatic carbocycles. The SMILES string of the molecule is O=P([O-])([O-])C(Cl)P(=O)([O-])[O-].O=P([O-])([O-])C(Cl)P(=O)([O-])[O-].O=P([O-])([O-])C(Cl)P(=O)([O-])[O-].[Mo+6].[Mo+6]. The molecule has 0 spiro atoms. The average Bonchev–Trinajstić information content (AvgIpc) is 2.40. The van der Waals surface area contributed by atoms with Crippen molar-refractivity contribution >= 4 is 80.4 Å². The monoisotopic (exact) mass is 813 g/mol. The molecule has 0 aliphatic carbocycles. The van der Waals surface area contributed by atoms with Crippen LogP contribution in [0.15, 0.2) is 0 Å². The summed E-state index contributed by atoms with van der Waals surface area (Å²) in [6, 6.07) is 0. The van der Waals surface area contributed by atoms with Gasteiger partial charge in [0.05, 0.1) is 14.6 Å². The van der Waals surface area contributed by atoms with Crippen molar-refractivity contribution in [1.29, 1.82) is 0 Å². The van der Waals surface area contributed by atoms with Gasteiger partial charge in [0.1, 0.15) is 0 Å². The first-order valence-electron chi connectivity index (χ1n) is 5.49. The molecule has 0 radical (unpaired) electrons. The molecule has 0 aliphatic rings. The van der Waals surface area contributed by atoms with Crippen LogP contribution in [0, 0.1) is 0 Å². The Morgan fingerprint density at radius 1 is 0.344 bits per heavy atom. The number of rotatable bonds is 6. The van der Waals surface area contributed by atoms with E-state index >= 15 is 0 Å². The van der Waals surface area contributed by atoms with Crippen molar-refractivity contribution in [3.05, 3.63) is 0 Å². The molecule has 0 saturated heterocycles. The Morgan fingerprint density at radius 3 is 0.406 bits per heavy atom. The molecule has 18 nitrogen and oxygen atoms in total. The minimum absolute atomic E-state index is 0. The van der Waals surface area contributed by atoms with Gasteiger partial charge in [0.2, 0.25) is 0 Å². The van der Waals surface area contributed by atoms with Crippen molar-refractivity contribution in [3.63, 3.8) is 0 Å². The van der Waals surface area contributed by atoms with Crippen LogP contribution in [0.5, 0.6) is 0 Å². The van der Waals surface area contributed by atoms with E-state index < -0.39 is 60.2 Å². The van der Waals surface area contributed by atoms with E-state index in [1.165, 1.54) is 0 Å². The molecule has 0 heterocycles. The second kappa shape index (κ2) is 16.2. The maximum Gasteiger partial charge on any atom is 6.00 e. The van der Waals surface area contributed by atoms with Gasteiger partial charge in [-0.25, -0.2) is 0 Å². The van der Waals surface area contributed by atoms with Gasteiger partial charge in [-0.05, 0) is 45.6 Å². The van der Waals surface area contributed by atoms with Gasteiger partial charge in [0, 0.05) is 0 Å². The smallest absolute Gasteiger partial charge is 0.809 e. The Morgan fingerprint density at radius 2 is 0.406 bits per heavy atom. The van der Waals surface area contributed by atoms with Crippen LogP contribution in [0.4, 0.5) is 0 Å². The maximum atomic E-state index is 9.75. The van der Waals surface area contributed by atoms with Crippen molar-refractivity contribution in [1.82, 2.24) is 0 Å². The third-order valence-electron chi connectivity index (χ3n) is 1.57. The Balaban J connectivity index is -0.000000110. The summed E-state index contributed by atoms with van der Waals surface area (Å²) in [5.74, 6) is 0. The van der Waals surface area contributed by atoms with Crippen molar-refractivity contribution in [2.45, 2.75) is 14.6 Å². The molecule has 0 aromatic rings. The fourth-order valence-electron chi connectivity index (χ4n) is 0.520. The van der Waals surface area contributed by atoms with Crippen LogP contribution in [0.2, 0.25) is 0 Å². The quantitative estimate of drug-likeness (QED) is 0.136. The first-order valence-corrected chi connectivity index (χ1v) is 16.5. The Bertz CT molecular complexity index is 654. The van der Waals surface area contributed by atoms with Crippen LogP contribution in [0.3, 0.4) is 0 Å². The molecule has 0 fully saturated rings. The largest absolute Gasteiger partial charge is 6.00 e. The summed E-state index contributed by atoms with van der Waals surface area (Å²) in [5, 5.41) is 0. The van der Waals surface area contributed by atoms with Crippen molar-refractivity contribution < 1.29 is 128 Å². The van der Waals surface area contributed by atoms with Crippen LogP contribution >= 0.6 is 80.4 Å². The third-order valence-corrected chi connectivity index (χ3v) is 14.1. The predicted molar refractivity (Wildman–Crippen MR) is 74.6 cm³/mol. The molecule has 0 amide bonds. The maximum absolute atomic E-state index is 9.75. The second-order valence-corrected chi connectivity index (χ2v) is 18.1. The molecular formula is C3H3Cl3Mo2O18P6. The van der Waals surface area contributed by atoms with E-state index in [0.29, 0.717) is 0 Å². The first-order chi connectivity index (χ1) is 12.5. The molecule has 0 aliphatic heterocycles. The zero-order valence-electron chi connectivity index (χ0n) is 13.7. The van der Waals surface area contributed by atoms with E-state index in [1.807, 2.05) is 0 Å². The van der Waals surface area contributed by atoms with Crippen LogP contribution in [-0.4, -0.2) is 14.6 Å². The Kier molecular flexibility index (Phi) is 22.8. The normalized spacial score (nSPS) is 13.3. The van der Waals surface area contributed by atoms with Crippen molar-refractivity contribution in [2.24, 2.45) is 0 Å². The molecule has 0 unspecified atom stereocenters. The van der Waals surface area contributed by atoms with Crippen LogP contribution in [0.25, 0.3) is 0 Å². The molecule has 0 bridgehead atoms. The van der Waals surface area contributed by atoms with Crippen LogP contribution < -0.4 is 58.7 Å². The summed E-state index contributed by atoms with van der Waals surface area (Å²) in [6.07, 6.45) is 0. The summed E-state index contributed by atoms with van der Waals surface area (Å²) in [7, 11) is -33.0. The van der Waals surface area contributed by atoms with E-state index in [4.69, 9.17) is 0 Å². The van der Waals surface area contributed by atoms with E-state index in [0.717, 1.165) is 0 Å². The standard InChI is InChI=1S/3CH5ClO6P2.2Mo/c3*2-1(9(3,4)5)10(6,7)8;;/h3*1H,(H2,3,4,5)(H2,6,7,8);;/q;;;2*+6/p-12. The molecule has 0 aromatic heterocycles. The summed E-state index contributed by atoms with van der Waals surface area (Å²) >= 11 is 13.4. The number of alkyl halides is 3. The van der Waals surface area contributed by atoms with E-state index in [2.05, 4.69) is 34.8 Å². The average molecular weight is 811 g/mol. The molecule has 0 atom stereocenters. The minimum Gasteiger partial charge on any atom is -0.809 e. The fraction of sp³-hybridized carbons (Fsp3) is 1.00. The van der Waals surface area contributed by atoms with Gasteiger partial charge >= 0.3 is 42.1 Å². The predicted octanol–water partition coefficient (Wildman–Crippen LogP) is -8.00. The van der Waals surface area contributed by atoms with Gasteiger partial charge in [0.25, 0.3) is 0 Å². The molecule has 32 heavy (non-hydrogen) atoms. The van der Waals surface area contributed by atoms with Gasteiger partial charge in [-0.3, -0.25) is 0 Å². The zero-order chi connectivity index (χ0) is 25.7. The summed E-state index contributed by atoms with van der Waals surface area (Å²) < 4.78 is 58.5. The molecule has 0 N–H and O–H groups in total. The van der Waals surface area contributed by atoms with Crippen molar-refractivity contribution in [3.8, 4) is 0 Å². The topological polar surface area (TPSA) is 379 Å². The van der Waals surface area contributed by atoms with Gasteiger partial charge in [0.15, 0.2) is 0 Å². The first kappa shape index (κ1) is 45.1. The molecule has 29 heteroatoms. The van der Waals surface area contributed by atoms with Gasteiger partial charge < -0.3 is 86.1 Å². The minimum atomic E-state index is -5.50. The summed E-state index contributed by atoms with van der Waals surface area (Å²) in [4.78, 5) is 108. The second-order valence-electron chi connectivity index (χ2n) is 4.17. The van der Waals surface area contributed by atoms with Crippen molar-refractivity contribution in [2.75, 3.05) is 0 Å². The Labute approximate surface area is 221 Å².